The van der Waals surface area contributed by atoms with E-state index in [-0.39, 0.29) is 5.73 Å². The fourth-order valence-electron chi connectivity index (χ4n) is 1.66. The van der Waals surface area contributed by atoms with E-state index in [1.807, 2.05) is 20.8 Å². The maximum atomic E-state index is 9.50. The molecule has 0 aliphatic carbocycles. The summed E-state index contributed by atoms with van der Waals surface area (Å²) in [6.07, 6.45) is 0.649. The van der Waals surface area contributed by atoms with E-state index in [0.29, 0.717) is 6.42 Å². The Labute approximate surface area is 93.8 Å². The maximum Gasteiger partial charge on any atom is 0.367 e. The number of aliphatic hydroxyl groups is 1. The van der Waals surface area contributed by atoms with Gasteiger partial charge < -0.3 is 18.7 Å². The van der Waals surface area contributed by atoms with Gasteiger partial charge in [0.25, 0.3) is 0 Å². The van der Waals surface area contributed by atoms with Gasteiger partial charge in [-0.05, 0) is 18.9 Å². The molecule has 0 heterocycles. The first-order chi connectivity index (χ1) is 7.10. The van der Waals surface area contributed by atoms with Gasteiger partial charge in [0.2, 0.25) is 0 Å². The van der Waals surface area contributed by atoms with Crippen LogP contribution in [0, 0.1) is 0 Å². The highest BCUT2D eigenvalue weighted by molar-refractivity contribution is 6.68. The summed E-state index contributed by atoms with van der Waals surface area (Å²) in [6.45, 7) is 5.93. The fourth-order valence-corrected chi connectivity index (χ4v) is 4.37. The third kappa shape index (κ3) is 3.84. The molecule has 0 spiro atoms. The third-order valence-corrected chi connectivity index (χ3v) is 6.61. The SMILES string of the molecule is CCC(O)OC(CC)[Si](CC)(OC)OC. The van der Waals surface area contributed by atoms with Crippen LogP contribution in [0.25, 0.3) is 0 Å². The lowest BCUT2D eigenvalue weighted by Crippen LogP contribution is -2.53. The summed E-state index contributed by atoms with van der Waals surface area (Å²) in [6, 6.07) is 0.814. The Morgan fingerprint density at radius 1 is 1.07 bits per heavy atom. The Morgan fingerprint density at radius 2 is 1.60 bits per heavy atom. The smallest absolute Gasteiger partial charge is 0.367 e. The molecule has 15 heavy (non-hydrogen) atoms. The van der Waals surface area contributed by atoms with E-state index in [0.717, 1.165) is 12.5 Å². The van der Waals surface area contributed by atoms with Gasteiger partial charge in [0.15, 0.2) is 6.29 Å². The number of ether oxygens (including phenoxy) is 1. The molecule has 0 aromatic carbocycles. The Bertz CT molecular complexity index is 153. The van der Waals surface area contributed by atoms with Gasteiger partial charge in [-0.1, -0.05) is 20.8 Å². The molecular weight excluding hydrogens is 212 g/mol. The molecule has 0 saturated heterocycles. The summed E-state index contributed by atoms with van der Waals surface area (Å²) in [7, 11) is 1.00. The van der Waals surface area contributed by atoms with Crippen molar-refractivity contribution in [2.75, 3.05) is 14.2 Å². The summed E-state index contributed by atoms with van der Waals surface area (Å²) < 4.78 is 16.6. The molecule has 0 fully saturated rings. The molecule has 5 heteroatoms. The molecule has 0 bridgehead atoms. The topological polar surface area (TPSA) is 47.9 Å². The summed E-state index contributed by atoms with van der Waals surface area (Å²) in [5.41, 5.74) is -0.118. The molecular formula is C10H24O4Si. The molecule has 0 aliphatic heterocycles. The van der Waals surface area contributed by atoms with Gasteiger partial charge in [-0.3, -0.25) is 0 Å². The zero-order valence-electron chi connectivity index (χ0n) is 10.4. The van der Waals surface area contributed by atoms with Crippen LogP contribution in [-0.2, 0) is 13.6 Å². The van der Waals surface area contributed by atoms with Crippen molar-refractivity contribution in [3.63, 3.8) is 0 Å². The minimum atomic E-state index is -2.31. The average Bonchev–Trinajstić information content (AvgIpc) is 2.29. The van der Waals surface area contributed by atoms with Crippen LogP contribution in [0.4, 0.5) is 0 Å². The molecule has 2 unspecified atom stereocenters. The summed E-state index contributed by atoms with van der Waals surface area (Å²) in [5, 5.41) is 9.50. The van der Waals surface area contributed by atoms with Gasteiger partial charge in [-0.2, -0.15) is 0 Å². The molecule has 0 amide bonds. The Morgan fingerprint density at radius 3 is 1.87 bits per heavy atom. The van der Waals surface area contributed by atoms with E-state index in [4.69, 9.17) is 13.6 Å². The van der Waals surface area contributed by atoms with E-state index < -0.39 is 14.9 Å². The van der Waals surface area contributed by atoms with Gasteiger partial charge in [-0.25, -0.2) is 0 Å². The zero-order chi connectivity index (χ0) is 11.9. The molecule has 0 aromatic rings. The quantitative estimate of drug-likeness (QED) is 0.516. The second-order valence-electron chi connectivity index (χ2n) is 3.47. The van der Waals surface area contributed by atoms with E-state index in [1.165, 1.54) is 0 Å². The Balaban J connectivity index is 4.58. The standard InChI is InChI=1S/C10H24O4Si/c1-6-9(11)14-10(7-2)15(8-3,12-4)13-5/h9-11H,6-8H2,1-5H3. The van der Waals surface area contributed by atoms with Crippen LogP contribution in [0.15, 0.2) is 0 Å². The largest absolute Gasteiger partial charge is 0.396 e. The van der Waals surface area contributed by atoms with E-state index in [1.54, 1.807) is 14.2 Å². The monoisotopic (exact) mass is 236 g/mol. The summed E-state index contributed by atoms with van der Waals surface area (Å²) >= 11 is 0. The third-order valence-electron chi connectivity index (χ3n) is 2.72. The fraction of sp³-hybridized carbons (Fsp3) is 1.00. The van der Waals surface area contributed by atoms with Gasteiger partial charge in [0, 0.05) is 14.2 Å². The molecule has 0 rings (SSSR count). The molecule has 0 aliphatic rings. The predicted octanol–water partition coefficient (Wildman–Crippen LogP) is 1.80. The molecule has 4 nitrogen and oxygen atoms in total. The molecule has 92 valence electrons. The van der Waals surface area contributed by atoms with Crippen LogP contribution in [0.1, 0.15) is 33.6 Å². The lowest BCUT2D eigenvalue weighted by molar-refractivity contribution is -0.126. The van der Waals surface area contributed by atoms with E-state index >= 15 is 0 Å². The van der Waals surface area contributed by atoms with Crippen molar-refractivity contribution in [1.29, 1.82) is 0 Å². The van der Waals surface area contributed by atoms with Crippen LogP contribution in [0.5, 0.6) is 0 Å². The van der Waals surface area contributed by atoms with Crippen molar-refractivity contribution in [3.8, 4) is 0 Å². The van der Waals surface area contributed by atoms with Crippen molar-refractivity contribution < 1.29 is 18.7 Å². The van der Waals surface area contributed by atoms with Crippen molar-refractivity contribution in [1.82, 2.24) is 0 Å². The zero-order valence-corrected chi connectivity index (χ0v) is 11.4. The number of hydrogen-bond donors (Lipinski definition) is 1. The van der Waals surface area contributed by atoms with Crippen LogP contribution in [0.3, 0.4) is 0 Å². The van der Waals surface area contributed by atoms with Gasteiger partial charge in [0.1, 0.15) is 5.73 Å². The number of aliphatic hydroxyl groups excluding tert-OH is 1. The normalized spacial score (nSPS) is 16.4. The van der Waals surface area contributed by atoms with Gasteiger partial charge in [-0.15, -0.1) is 0 Å². The molecule has 1 N–H and O–H groups in total. The average molecular weight is 236 g/mol. The number of hydrogen-bond acceptors (Lipinski definition) is 4. The van der Waals surface area contributed by atoms with Crippen LogP contribution in [0.2, 0.25) is 6.04 Å². The number of rotatable bonds is 8. The molecule has 0 radical (unpaired) electrons. The van der Waals surface area contributed by atoms with E-state index in [9.17, 15) is 5.11 Å². The first-order valence-corrected chi connectivity index (χ1v) is 7.64. The highest BCUT2D eigenvalue weighted by atomic mass is 28.4. The molecule has 0 saturated carbocycles. The van der Waals surface area contributed by atoms with Crippen molar-refractivity contribution in [2.24, 2.45) is 0 Å². The maximum absolute atomic E-state index is 9.50. The van der Waals surface area contributed by atoms with Crippen LogP contribution in [-0.4, -0.2) is 39.9 Å². The Kier molecular flexibility index (Phi) is 7.38. The summed E-state index contributed by atoms with van der Waals surface area (Å²) in [5.74, 6) is 0. The second kappa shape index (κ2) is 7.35. The highest BCUT2D eigenvalue weighted by Gasteiger charge is 2.43. The first kappa shape index (κ1) is 15.1. The van der Waals surface area contributed by atoms with Crippen molar-refractivity contribution in [2.45, 2.75) is 51.7 Å². The highest BCUT2D eigenvalue weighted by Crippen LogP contribution is 2.22. The summed E-state index contributed by atoms with van der Waals surface area (Å²) in [4.78, 5) is 0. The second-order valence-corrected chi connectivity index (χ2v) is 7.26. The first-order valence-electron chi connectivity index (χ1n) is 5.53. The molecule has 2 atom stereocenters. The minimum absolute atomic E-state index is 0.118. The van der Waals surface area contributed by atoms with Crippen molar-refractivity contribution >= 4 is 8.56 Å². The Hall–Kier alpha value is 0.0569. The van der Waals surface area contributed by atoms with Gasteiger partial charge in [0.05, 0.1) is 0 Å². The van der Waals surface area contributed by atoms with Crippen LogP contribution >= 0.6 is 0 Å². The minimum Gasteiger partial charge on any atom is -0.396 e. The predicted molar refractivity (Wildman–Crippen MR) is 61.7 cm³/mol. The van der Waals surface area contributed by atoms with E-state index in [2.05, 4.69) is 0 Å². The van der Waals surface area contributed by atoms with Crippen molar-refractivity contribution in [3.05, 3.63) is 0 Å². The molecule has 0 aromatic heterocycles. The lowest BCUT2D eigenvalue weighted by atomic mass is 10.4. The van der Waals surface area contributed by atoms with Gasteiger partial charge >= 0.3 is 8.56 Å². The van der Waals surface area contributed by atoms with Crippen LogP contribution < -0.4 is 0 Å². The lowest BCUT2D eigenvalue weighted by Gasteiger charge is -2.34.